The van der Waals surface area contributed by atoms with Crippen LogP contribution in [0.3, 0.4) is 0 Å². The molecule has 0 atom stereocenters. The van der Waals surface area contributed by atoms with Gasteiger partial charge in [-0.2, -0.15) is 0 Å². The van der Waals surface area contributed by atoms with Crippen molar-refractivity contribution in [3.63, 3.8) is 0 Å². The van der Waals surface area contributed by atoms with Gasteiger partial charge in [-0.3, -0.25) is 9.10 Å². The summed E-state index contributed by atoms with van der Waals surface area (Å²) in [6, 6.07) is 12.3. The van der Waals surface area contributed by atoms with E-state index in [1.54, 1.807) is 36.4 Å². The van der Waals surface area contributed by atoms with E-state index in [1.165, 1.54) is 22.7 Å². The van der Waals surface area contributed by atoms with Crippen LogP contribution in [0.1, 0.15) is 9.67 Å². The highest BCUT2D eigenvalue weighted by Crippen LogP contribution is 2.34. The van der Waals surface area contributed by atoms with Crippen LogP contribution in [-0.2, 0) is 10.0 Å². The third-order valence-electron chi connectivity index (χ3n) is 4.38. The van der Waals surface area contributed by atoms with Crippen LogP contribution in [0.4, 0.5) is 11.4 Å². The van der Waals surface area contributed by atoms with Crippen molar-refractivity contribution < 1.29 is 22.7 Å². The molecule has 0 radical (unpaired) electrons. The van der Waals surface area contributed by atoms with Gasteiger partial charge in [0.25, 0.3) is 5.91 Å². The smallest absolute Gasteiger partial charge is 0.265 e. The van der Waals surface area contributed by atoms with E-state index in [9.17, 15) is 13.2 Å². The first-order valence-electron chi connectivity index (χ1n) is 8.50. The fourth-order valence-corrected chi connectivity index (χ4v) is 4.28. The molecular formula is C19H18N2O5S2. The second-order valence-electron chi connectivity index (χ2n) is 6.38. The Morgan fingerprint density at radius 1 is 1.07 bits per heavy atom. The summed E-state index contributed by atoms with van der Waals surface area (Å²) in [6.07, 6.45) is 1.15. The Kier molecular flexibility index (Phi) is 4.64. The molecule has 3 aromatic rings. The molecule has 1 N–H and O–H groups in total. The highest BCUT2D eigenvalue weighted by Gasteiger charge is 2.16. The molecule has 2 aromatic carbocycles. The monoisotopic (exact) mass is 418 g/mol. The Morgan fingerprint density at radius 2 is 1.82 bits per heavy atom. The minimum absolute atomic E-state index is 0.240. The van der Waals surface area contributed by atoms with Crippen molar-refractivity contribution in [2.24, 2.45) is 0 Å². The predicted molar refractivity (Wildman–Crippen MR) is 110 cm³/mol. The summed E-state index contributed by atoms with van der Waals surface area (Å²) in [4.78, 5) is 13.2. The van der Waals surface area contributed by atoms with Gasteiger partial charge in [-0.15, -0.1) is 11.3 Å². The molecule has 0 spiro atoms. The lowest BCUT2D eigenvalue weighted by atomic mass is 10.2. The van der Waals surface area contributed by atoms with Crippen molar-refractivity contribution in [2.45, 2.75) is 0 Å². The van der Waals surface area contributed by atoms with Gasteiger partial charge in [0.15, 0.2) is 11.5 Å². The summed E-state index contributed by atoms with van der Waals surface area (Å²) >= 11 is 1.35. The Bertz CT molecular complexity index is 1170. The normalized spacial score (nSPS) is 13.4. The number of nitrogens with zero attached hydrogens (tertiary/aromatic N) is 1. The second kappa shape index (κ2) is 6.99. The molecule has 0 saturated carbocycles. The van der Waals surface area contributed by atoms with Gasteiger partial charge < -0.3 is 14.8 Å². The first-order chi connectivity index (χ1) is 13.3. The zero-order chi connectivity index (χ0) is 19.9. The van der Waals surface area contributed by atoms with Crippen molar-refractivity contribution >= 4 is 48.7 Å². The van der Waals surface area contributed by atoms with Crippen LogP contribution in [0, 0.1) is 0 Å². The lowest BCUT2D eigenvalue weighted by Gasteiger charge is -2.18. The molecule has 1 amide bonds. The number of carbonyl (C=O) groups excluding carboxylic acids is 1. The molecule has 28 heavy (non-hydrogen) atoms. The van der Waals surface area contributed by atoms with E-state index in [0.29, 0.717) is 41.0 Å². The summed E-state index contributed by atoms with van der Waals surface area (Å²) in [5.74, 6) is 1.03. The number of amides is 1. The maximum atomic E-state index is 12.7. The molecule has 146 valence electrons. The molecule has 0 unspecified atom stereocenters. The Labute approximate surface area is 166 Å². The fraction of sp³-hybridized carbons (Fsp3) is 0.211. The molecule has 0 saturated heterocycles. The van der Waals surface area contributed by atoms with Gasteiger partial charge in [-0.05, 0) is 41.8 Å². The number of hydrogen-bond acceptors (Lipinski definition) is 6. The molecule has 0 bridgehead atoms. The second-order valence-corrected chi connectivity index (χ2v) is 9.47. The van der Waals surface area contributed by atoms with Gasteiger partial charge in [0, 0.05) is 23.5 Å². The third-order valence-corrected chi connectivity index (χ3v) is 6.71. The standard InChI is InChI=1S/C19H18N2O5S2/c1-21(28(2,23)24)14-4-6-17-12(9-14)10-18(27-17)19(22)20-13-3-5-15-16(11-13)26-8-7-25-15/h3-6,9-11H,7-8H2,1-2H3,(H,20,22). The number of benzene rings is 2. The molecule has 1 aromatic heterocycles. The zero-order valence-corrected chi connectivity index (χ0v) is 16.9. The van der Waals surface area contributed by atoms with Crippen molar-refractivity contribution in [2.75, 3.05) is 36.1 Å². The van der Waals surface area contributed by atoms with E-state index in [4.69, 9.17) is 9.47 Å². The first-order valence-corrected chi connectivity index (χ1v) is 11.2. The topological polar surface area (TPSA) is 84.9 Å². The summed E-state index contributed by atoms with van der Waals surface area (Å²) in [7, 11) is -1.85. The quantitative estimate of drug-likeness (QED) is 0.703. The molecule has 7 nitrogen and oxygen atoms in total. The van der Waals surface area contributed by atoms with Crippen LogP contribution >= 0.6 is 11.3 Å². The largest absolute Gasteiger partial charge is 0.486 e. The minimum atomic E-state index is -3.35. The SMILES string of the molecule is CN(c1ccc2sc(C(=O)Nc3ccc4c(c3)OCCO4)cc2c1)S(C)(=O)=O. The first kappa shape index (κ1) is 18.6. The van der Waals surface area contributed by atoms with Crippen LogP contribution in [0.2, 0.25) is 0 Å². The average Bonchev–Trinajstić information content (AvgIpc) is 3.10. The summed E-state index contributed by atoms with van der Waals surface area (Å²) < 4.78 is 36.6. The number of nitrogens with one attached hydrogen (secondary N) is 1. The number of hydrogen-bond donors (Lipinski definition) is 1. The van der Waals surface area contributed by atoms with Crippen LogP contribution < -0.4 is 19.1 Å². The number of fused-ring (bicyclic) bond motifs is 2. The maximum Gasteiger partial charge on any atom is 0.265 e. The molecule has 1 aliphatic heterocycles. The average molecular weight is 418 g/mol. The van der Waals surface area contributed by atoms with Gasteiger partial charge >= 0.3 is 0 Å². The van der Waals surface area contributed by atoms with Gasteiger partial charge in [0.1, 0.15) is 13.2 Å². The molecule has 2 heterocycles. The van der Waals surface area contributed by atoms with Gasteiger partial charge in [-0.25, -0.2) is 8.42 Å². The highest BCUT2D eigenvalue weighted by molar-refractivity contribution is 7.92. The van der Waals surface area contributed by atoms with Crippen LogP contribution in [0.15, 0.2) is 42.5 Å². The zero-order valence-electron chi connectivity index (χ0n) is 15.3. The predicted octanol–water partition coefficient (Wildman–Crippen LogP) is 3.32. The number of rotatable bonds is 4. The van der Waals surface area contributed by atoms with Crippen molar-refractivity contribution in [3.8, 4) is 11.5 Å². The highest BCUT2D eigenvalue weighted by atomic mass is 32.2. The van der Waals surface area contributed by atoms with Crippen molar-refractivity contribution in [1.82, 2.24) is 0 Å². The van der Waals surface area contributed by atoms with Gasteiger partial charge in [0.05, 0.1) is 16.8 Å². The van der Waals surface area contributed by atoms with Crippen LogP contribution in [-0.4, -0.2) is 40.8 Å². The molecule has 4 rings (SSSR count). The Hall–Kier alpha value is -2.78. The Balaban J connectivity index is 1.58. The van der Waals surface area contributed by atoms with Crippen LogP contribution in [0.5, 0.6) is 11.5 Å². The van der Waals surface area contributed by atoms with Crippen molar-refractivity contribution in [3.05, 3.63) is 47.3 Å². The molecule has 1 aliphatic rings. The third kappa shape index (κ3) is 3.63. The lowest BCUT2D eigenvalue weighted by Crippen LogP contribution is -2.24. The number of thiophene rings is 1. The summed E-state index contributed by atoms with van der Waals surface area (Å²) in [6.45, 7) is 0.988. The maximum absolute atomic E-state index is 12.7. The van der Waals surface area contributed by atoms with E-state index in [2.05, 4.69) is 5.32 Å². The summed E-state index contributed by atoms with van der Waals surface area (Å²) in [5.41, 5.74) is 1.16. The molecule has 0 aliphatic carbocycles. The Morgan fingerprint density at radius 3 is 2.57 bits per heavy atom. The molecular weight excluding hydrogens is 400 g/mol. The van der Waals surface area contributed by atoms with E-state index in [0.717, 1.165) is 16.3 Å². The van der Waals surface area contributed by atoms with E-state index >= 15 is 0 Å². The molecule has 0 fully saturated rings. The van der Waals surface area contributed by atoms with Gasteiger partial charge in [0.2, 0.25) is 10.0 Å². The minimum Gasteiger partial charge on any atom is -0.486 e. The van der Waals surface area contributed by atoms with E-state index in [1.807, 2.05) is 6.07 Å². The molecule has 9 heteroatoms. The van der Waals surface area contributed by atoms with Crippen LogP contribution in [0.25, 0.3) is 10.1 Å². The number of ether oxygens (including phenoxy) is 2. The number of anilines is 2. The van der Waals surface area contributed by atoms with E-state index in [-0.39, 0.29) is 5.91 Å². The lowest BCUT2D eigenvalue weighted by molar-refractivity contribution is 0.103. The van der Waals surface area contributed by atoms with E-state index < -0.39 is 10.0 Å². The number of carbonyl (C=O) groups is 1. The van der Waals surface area contributed by atoms with Crippen molar-refractivity contribution in [1.29, 1.82) is 0 Å². The summed E-state index contributed by atoms with van der Waals surface area (Å²) in [5, 5.41) is 3.67. The fourth-order valence-electron chi connectivity index (χ4n) is 2.84. The van der Waals surface area contributed by atoms with Gasteiger partial charge in [-0.1, -0.05) is 0 Å². The number of sulfonamides is 1.